The minimum Gasteiger partial charge on any atom is -0.462 e. The van der Waals surface area contributed by atoms with Gasteiger partial charge in [-0.15, -0.1) is 0 Å². The number of rotatable bonds is 11. The van der Waals surface area contributed by atoms with E-state index in [0.29, 0.717) is 0 Å². The zero-order valence-corrected chi connectivity index (χ0v) is 14.1. The molecule has 10 heteroatoms. The first kappa shape index (κ1) is 23.7. The number of halogens is 6. The summed E-state index contributed by atoms with van der Waals surface area (Å²) in [7, 11) is 0. The minimum atomic E-state index is -4.45. The van der Waals surface area contributed by atoms with E-state index in [1.54, 1.807) is 0 Å². The van der Waals surface area contributed by atoms with Crippen LogP contribution >= 0.6 is 0 Å². The van der Waals surface area contributed by atoms with E-state index in [2.05, 4.69) is 6.58 Å². The maximum atomic E-state index is 12.2. The van der Waals surface area contributed by atoms with E-state index in [1.165, 1.54) is 13.8 Å². The Morgan fingerprint density at radius 3 is 1.68 bits per heavy atom. The number of carbonyl (C=O) groups excluding carboxylic acids is 1. The average molecular weight is 380 g/mol. The van der Waals surface area contributed by atoms with E-state index in [9.17, 15) is 31.1 Å². The van der Waals surface area contributed by atoms with Gasteiger partial charge in [0, 0.05) is 12.0 Å². The molecule has 0 radical (unpaired) electrons. The highest BCUT2D eigenvalue weighted by molar-refractivity contribution is 5.86. The molecule has 0 fully saturated rings. The largest absolute Gasteiger partial charge is 0.462 e. The molecule has 0 aromatic carbocycles. The second-order valence-corrected chi connectivity index (χ2v) is 5.58. The van der Waals surface area contributed by atoms with Crippen molar-refractivity contribution in [2.45, 2.75) is 57.7 Å². The van der Waals surface area contributed by atoms with E-state index >= 15 is 0 Å². The van der Waals surface area contributed by atoms with E-state index in [0.717, 1.165) is 0 Å². The van der Waals surface area contributed by atoms with Crippen molar-refractivity contribution < 1.29 is 45.3 Å². The summed E-state index contributed by atoms with van der Waals surface area (Å²) < 4.78 is 87.9. The third-order valence-electron chi connectivity index (χ3n) is 2.94. The summed E-state index contributed by atoms with van der Waals surface area (Å²) in [6.45, 7) is 4.46. The highest BCUT2D eigenvalue weighted by atomic mass is 19.4. The average Bonchev–Trinajstić information content (AvgIpc) is 2.40. The van der Waals surface area contributed by atoms with Crippen molar-refractivity contribution in [1.82, 2.24) is 0 Å². The Morgan fingerprint density at radius 2 is 1.32 bits per heavy atom. The van der Waals surface area contributed by atoms with Gasteiger partial charge in [-0.05, 0) is 20.3 Å². The zero-order valence-electron chi connectivity index (χ0n) is 14.1. The molecule has 148 valence electrons. The summed E-state index contributed by atoms with van der Waals surface area (Å²) in [6.07, 6.45) is -11.3. The number of carbonyl (C=O) groups is 1. The van der Waals surface area contributed by atoms with Gasteiger partial charge in [0.15, 0.2) is 5.79 Å². The van der Waals surface area contributed by atoms with Crippen molar-refractivity contribution in [3.63, 3.8) is 0 Å². The molecule has 0 spiro atoms. The van der Waals surface area contributed by atoms with Gasteiger partial charge >= 0.3 is 18.3 Å². The highest BCUT2D eigenvalue weighted by Crippen LogP contribution is 2.26. The molecule has 4 nitrogen and oxygen atoms in total. The quantitative estimate of drug-likeness (QED) is 0.174. The Labute approximate surface area is 142 Å². The summed E-state index contributed by atoms with van der Waals surface area (Å²) in [6, 6.07) is 0. The van der Waals surface area contributed by atoms with Crippen LogP contribution in [0.2, 0.25) is 0 Å². The van der Waals surface area contributed by atoms with E-state index in [4.69, 9.17) is 14.2 Å². The smallest absolute Gasteiger partial charge is 0.391 e. The Morgan fingerprint density at radius 1 is 0.880 bits per heavy atom. The summed E-state index contributed by atoms with van der Waals surface area (Å²) in [5.74, 6) is -2.29. The fourth-order valence-corrected chi connectivity index (χ4v) is 1.63. The van der Waals surface area contributed by atoms with Crippen LogP contribution in [-0.4, -0.2) is 43.9 Å². The fraction of sp³-hybridized carbons (Fsp3) is 0.800. The van der Waals surface area contributed by atoms with Crippen molar-refractivity contribution in [2.75, 3.05) is 19.8 Å². The van der Waals surface area contributed by atoms with Gasteiger partial charge in [0.25, 0.3) is 0 Å². The SMILES string of the molecule is C=C(C)C(=O)OCCCC(C)(OCCC(F)(F)F)OCCC(F)(F)F. The second-order valence-electron chi connectivity index (χ2n) is 5.58. The van der Waals surface area contributed by atoms with Gasteiger partial charge in [-0.3, -0.25) is 0 Å². The Balaban J connectivity index is 4.49. The lowest BCUT2D eigenvalue weighted by molar-refractivity contribution is -0.253. The van der Waals surface area contributed by atoms with Crippen LogP contribution in [0.25, 0.3) is 0 Å². The van der Waals surface area contributed by atoms with Crippen LogP contribution < -0.4 is 0 Å². The molecule has 0 atom stereocenters. The van der Waals surface area contributed by atoms with Crippen LogP contribution in [0.4, 0.5) is 26.3 Å². The van der Waals surface area contributed by atoms with Crippen LogP contribution in [0.1, 0.15) is 39.5 Å². The molecule has 0 rings (SSSR count). The Hall–Kier alpha value is -1.29. The lowest BCUT2D eigenvalue weighted by Crippen LogP contribution is -2.35. The molecule has 0 aromatic rings. The maximum Gasteiger partial charge on any atom is 0.391 e. The van der Waals surface area contributed by atoms with Crippen molar-refractivity contribution >= 4 is 5.97 Å². The molecule has 0 aliphatic rings. The molecule has 0 saturated carbocycles. The Bertz CT molecular complexity index is 411. The van der Waals surface area contributed by atoms with Gasteiger partial charge < -0.3 is 14.2 Å². The second kappa shape index (κ2) is 10.0. The first-order chi connectivity index (χ1) is 11.2. The molecule has 0 aromatic heterocycles. The number of hydrogen-bond donors (Lipinski definition) is 0. The monoisotopic (exact) mass is 380 g/mol. The highest BCUT2D eigenvalue weighted by Gasteiger charge is 2.33. The fourth-order valence-electron chi connectivity index (χ4n) is 1.63. The molecule has 0 saturated heterocycles. The van der Waals surface area contributed by atoms with Crippen LogP contribution in [0, 0.1) is 0 Å². The van der Waals surface area contributed by atoms with Crippen molar-refractivity contribution in [3.05, 3.63) is 12.2 Å². The van der Waals surface area contributed by atoms with Crippen LogP contribution in [0.3, 0.4) is 0 Å². The van der Waals surface area contributed by atoms with E-state index in [-0.39, 0.29) is 25.0 Å². The van der Waals surface area contributed by atoms with E-state index in [1.807, 2.05) is 0 Å². The molecular weight excluding hydrogens is 358 g/mol. The lowest BCUT2D eigenvalue weighted by Gasteiger charge is -2.30. The predicted octanol–water partition coefficient (Wildman–Crippen LogP) is 4.54. The molecule has 0 heterocycles. The molecule has 0 bridgehead atoms. The molecule has 0 aliphatic heterocycles. The molecular formula is C15H22F6O4. The van der Waals surface area contributed by atoms with Crippen molar-refractivity contribution in [3.8, 4) is 0 Å². The van der Waals surface area contributed by atoms with Crippen LogP contribution in [0.5, 0.6) is 0 Å². The molecule has 0 N–H and O–H groups in total. The first-order valence-corrected chi connectivity index (χ1v) is 7.48. The Kier molecular flexibility index (Phi) is 9.49. The van der Waals surface area contributed by atoms with E-state index < -0.39 is 50.2 Å². The van der Waals surface area contributed by atoms with Gasteiger partial charge in [-0.2, -0.15) is 26.3 Å². The molecule has 0 amide bonds. The summed E-state index contributed by atoms with van der Waals surface area (Å²) >= 11 is 0. The number of hydrogen-bond acceptors (Lipinski definition) is 4. The van der Waals surface area contributed by atoms with Crippen molar-refractivity contribution in [1.29, 1.82) is 0 Å². The minimum absolute atomic E-state index is 0.0494. The van der Waals surface area contributed by atoms with Gasteiger partial charge in [0.1, 0.15) is 0 Å². The third kappa shape index (κ3) is 13.7. The molecule has 25 heavy (non-hydrogen) atoms. The first-order valence-electron chi connectivity index (χ1n) is 7.48. The summed E-state index contributed by atoms with van der Waals surface area (Å²) in [5.41, 5.74) is 0.172. The lowest BCUT2D eigenvalue weighted by atomic mass is 10.1. The number of alkyl halides is 6. The van der Waals surface area contributed by atoms with Crippen LogP contribution in [0.15, 0.2) is 12.2 Å². The summed E-state index contributed by atoms with van der Waals surface area (Å²) in [5, 5.41) is 0. The zero-order chi connectivity index (χ0) is 19.7. The van der Waals surface area contributed by atoms with Gasteiger partial charge in [-0.1, -0.05) is 6.58 Å². The van der Waals surface area contributed by atoms with Gasteiger partial charge in [0.05, 0.1) is 32.7 Å². The number of ether oxygens (including phenoxy) is 3. The van der Waals surface area contributed by atoms with Crippen LogP contribution in [-0.2, 0) is 19.0 Å². The normalized spacial score (nSPS) is 13.0. The third-order valence-corrected chi connectivity index (χ3v) is 2.94. The predicted molar refractivity (Wildman–Crippen MR) is 76.7 cm³/mol. The van der Waals surface area contributed by atoms with Gasteiger partial charge in [-0.25, -0.2) is 4.79 Å². The number of esters is 1. The van der Waals surface area contributed by atoms with Crippen molar-refractivity contribution in [2.24, 2.45) is 0 Å². The standard InChI is InChI=1S/C15H22F6O4/c1-11(2)12(22)23-8-4-5-13(3,24-9-6-14(16,17)18)25-10-7-15(19,20)21/h1,4-10H2,2-3H3. The summed E-state index contributed by atoms with van der Waals surface area (Å²) in [4.78, 5) is 11.2. The topological polar surface area (TPSA) is 44.8 Å². The maximum absolute atomic E-state index is 12.2. The molecule has 0 unspecified atom stereocenters. The molecule has 0 aliphatic carbocycles. The van der Waals surface area contributed by atoms with Gasteiger partial charge in [0.2, 0.25) is 0 Å².